The molecule has 1 heterocycles. The fourth-order valence-electron chi connectivity index (χ4n) is 2.19. The van der Waals surface area contributed by atoms with Crippen molar-refractivity contribution < 1.29 is 26.7 Å². The second-order valence-corrected chi connectivity index (χ2v) is 6.32. The molecule has 7 nitrogen and oxygen atoms in total. The highest BCUT2D eigenvalue weighted by Gasteiger charge is 2.25. The van der Waals surface area contributed by atoms with E-state index in [0.717, 1.165) is 12.1 Å². The van der Waals surface area contributed by atoms with Gasteiger partial charge in [-0.3, -0.25) is 10.1 Å². The summed E-state index contributed by atoms with van der Waals surface area (Å²) >= 11 is 0. The zero-order valence-corrected chi connectivity index (χ0v) is 12.4. The molecule has 0 saturated heterocycles. The lowest BCUT2D eigenvalue weighted by Gasteiger charge is -2.08. The van der Waals surface area contributed by atoms with Gasteiger partial charge in [0, 0.05) is 18.6 Å². The van der Waals surface area contributed by atoms with Crippen molar-refractivity contribution in [2.75, 3.05) is 6.61 Å². The summed E-state index contributed by atoms with van der Waals surface area (Å²) in [5.41, 5.74) is 0.0582. The largest absolute Gasteiger partial charge is 0.493 e. The second kappa shape index (κ2) is 5.51. The van der Waals surface area contributed by atoms with Crippen molar-refractivity contribution in [3.63, 3.8) is 0 Å². The molecule has 2 aromatic carbocycles. The molecule has 0 spiro atoms. The minimum atomic E-state index is -4.33. The first-order valence-electron chi connectivity index (χ1n) is 6.51. The summed E-state index contributed by atoms with van der Waals surface area (Å²) in [4.78, 5) is 9.87. The molecular formula is C14H10FNO6S. The number of fused-ring (bicyclic) bond motifs is 1. The van der Waals surface area contributed by atoms with Crippen molar-refractivity contribution >= 4 is 15.8 Å². The fourth-order valence-corrected chi connectivity index (χ4v) is 3.18. The maximum Gasteiger partial charge on any atom is 0.339 e. The van der Waals surface area contributed by atoms with Crippen molar-refractivity contribution in [1.29, 1.82) is 0 Å². The Morgan fingerprint density at radius 1 is 1.22 bits per heavy atom. The summed E-state index contributed by atoms with van der Waals surface area (Å²) in [5, 5.41) is 10.9. The van der Waals surface area contributed by atoms with Gasteiger partial charge < -0.3 is 8.92 Å². The van der Waals surface area contributed by atoms with Gasteiger partial charge in [0.2, 0.25) is 5.75 Å². The summed E-state index contributed by atoms with van der Waals surface area (Å²) in [6.45, 7) is 0.453. The van der Waals surface area contributed by atoms with Gasteiger partial charge in [0.1, 0.15) is 16.5 Å². The SMILES string of the molecule is O=[N+]([O-])c1ccc(F)cc1OS(=O)(=O)c1ccc2c(c1)CCO2. The number of nitro groups is 1. The van der Waals surface area contributed by atoms with E-state index in [-0.39, 0.29) is 4.90 Å². The van der Waals surface area contributed by atoms with Gasteiger partial charge in [0.15, 0.2) is 0 Å². The number of ether oxygens (including phenoxy) is 1. The average Bonchev–Trinajstić information content (AvgIpc) is 2.93. The molecule has 0 saturated carbocycles. The van der Waals surface area contributed by atoms with Crippen molar-refractivity contribution in [3.05, 3.63) is 57.9 Å². The number of rotatable bonds is 4. The lowest BCUT2D eigenvalue weighted by Crippen LogP contribution is -2.11. The van der Waals surface area contributed by atoms with Crippen molar-refractivity contribution in [2.45, 2.75) is 11.3 Å². The number of nitrogens with zero attached hydrogens (tertiary/aromatic N) is 1. The molecule has 0 N–H and O–H groups in total. The van der Waals surface area contributed by atoms with Crippen LogP contribution in [0.4, 0.5) is 10.1 Å². The Labute approximate surface area is 130 Å². The molecule has 3 rings (SSSR count). The first-order valence-corrected chi connectivity index (χ1v) is 7.92. The summed E-state index contributed by atoms with van der Waals surface area (Å²) in [6.07, 6.45) is 0.554. The van der Waals surface area contributed by atoms with Gasteiger partial charge in [0.25, 0.3) is 0 Å². The van der Waals surface area contributed by atoms with E-state index in [1.54, 1.807) is 0 Å². The van der Waals surface area contributed by atoms with Crippen LogP contribution in [0.1, 0.15) is 5.56 Å². The van der Waals surface area contributed by atoms with Crippen LogP contribution >= 0.6 is 0 Å². The summed E-state index contributed by atoms with van der Waals surface area (Å²) < 4.78 is 47.9. The van der Waals surface area contributed by atoms with Crippen molar-refractivity contribution in [2.24, 2.45) is 0 Å². The predicted octanol–water partition coefficient (Wildman–Crippen LogP) is 2.44. The van der Waals surface area contributed by atoms with Crippen LogP contribution in [-0.2, 0) is 16.5 Å². The predicted molar refractivity (Wildman–Crippen MR) is 76.5 cm³/mol. The van der Waals surface area contributed by atoms with E-state index in [4.69, 9.17) is 8.92 Å². The molecule has 0 amide bonds. The monoisotopic (exact) mass is 339 g/mol. The molecule has 0 atom stereocenters. The molecule has 120 valence electrons. The fraction of sp³-hybridized carbons (Fsp3) is 0.143. The molecule has 1 aliphatic rings. The smallest absolute Gasteiger partial charge is 0.339 e. The lowest BCUT2D eigenvalue weighted by atomic mass is 10.2. The van der Waals surface area contributed by atoms with E-state index in [2.05, 4.69) is 0 Å². The van der Waals surface area contributed by atoms with Gasteiger partial charge >= 0.3 is 15.8 Å². The van der Waals surface area contributed by atoms with E-state index in [1.165, 1.54) is 18.2 Å². The molecule has 0 aliphatic carbocycles. The Morgan fingerprint density at radius 3 is 2.74 bits per heavy atom. The summed E-state index contributed by atoms with van der Waals surface area (Å²) in [6, 6.07) is 6.49. The van der Waals surface area contributed by atoms with E-state index >= 15 is 0 Å². The summed E-state index contributed by atoms with van der Waals surface area (Å²) in [5.74, 6) is -0.935. The standard InChI is InChI=1S/C14H10FNO6S/c15-10-1-3-12(16(17)18)14(8-10)22-23(19,20)11-2-4-13-9(7-11)5-6-21-13/h1-4,7-8H,5-6H2. The number of hydrogen-bond acceptors (Lipinski definition) is 6. The van der Waals surface area contributed by atoms with Gasteiger partial charge in [-0.05, 0) is 29.8 Å². The molecule has 0 unspecified atom stereocenters. The normalized spacial score (nSPS) is 13.3. The van der Waals surface area contributed by atoms with Crippen LogP contribution in [0.5, 0.6) is 11.5 Å². The Morgan fingerprint density at radius 2 is 2.00 bits per heavy atom. The Kier molecular flexibility index (Phi) is 3.64. The Balaban J connectivity index is 1.99. The first kappa shape index (κ1) is 15.2. The van der Waals surface area contributed by atoms with Gasteiger partial charge in [-0.15, -0.1) is 0 Å². The molecule has 9 heteroatoms. The zero-order valence-electron chi connectivity index (χ0n) is 11.6. The highest BCUT2D eigenvalue weighted by atomic mass is 32.2. The van der Waals surface area contributed by atoms with Crippen LogP contribution in [0.2, 0.25) is 0 Å². The maximum atomic E-state index is 13.3. The minimum absolute atomic E-state index is 0.180. The molecular weight excluding hydrogens is 329 g/mol. The number of nitro benzene ring substituents is 1. The molecule has 0 fully saturated rings. The Hall–Kier alpha value is -2.68. The molecule has 0 bridgehead atoms. The zero-order chi connectivity index (χ0) is 16.6. The summed E-state index contributed by atoms with van der Waals surface area (Å²) in [7, 11) is -4.33. The van der Waals surface area contributed by atoms with E-state index in [9.17, 15) is 22.9 Å². The molecule has 23 heavy (non-hydrogen) atoms. The molecule has 1 aliphatic heterocycles. The van der Waals surface area contributed by atoms with Gasteiger partial charge in [0.05, 0.1) is 11.5 Å². The minimum Gasteiger partial charge on any atom is -0.493 e. The van der Waals surface area contributed by atoms with Crippen molar-refractivity contribution in [3.8, 4) is 11.5 Å². The highest BCUT2D eigenvalue weighted by molar-refractivity contribution is 7.87. The third kappa shape index (κ3) is 2.95. The molecule has 2 aromatic rings. The van der Waals surface area contributed by atoms with Crippen LogP contribution in [0, 0.1) is 15.9 Å². The number of halogens is 1. The van der Waals surface area contributed by atoms with Crippen LogP contribution in [-0.4, -0.2) is 19.9 Å². The van der Waals surface area contributed by atoms with Crippen LogP contribution < -0.4 is 8.92 Å². The molecule has 0 radical (unpaired) electrons. The average molecular weight is 339 g/mol. The number of hydrogen-bond donors (Lipinski definition) is 0. The topological polar surface area (TPSA) is 95.7 Å². The van der Waals surface area contributed by atoms with Crippen LogP contribution in [0.25, 0.3) is 0 Å². The van der Waals surface area contributed by atoms with Crippen LogP contribution in [0.3, 0.4) is 0 Å². The van der Waals surface area contributed by atoms with E-state index in [0.29, 0.717) is 30.4 Å². The molecule has 0 aromatic heterocycles. The maximum absolute atomic E-state index is 13.3. The quantitative estimate of drug-likeness (QED) is 0.482. The Bertz CT molecular complexity index is 896. The number of benzene rings is 2. The van der Waals surface area contributed by atoms with Gasteiger partial charge in [-0.25, -0.2) is 4.39 Å². The van der Waals surface area contributed by atoms with Gasteiger partial charge in [-0.1, -0.05) is 0 Å². The van der Waals surface area contributed by atoms with E-state index in [1.807, 2.05) is 0 Å². The second-order valence-electron chi connectivity index (χ2n) is 4.77. The van der Waals surface area contributed by atoms with Gasteiger partial charge in [-0.2, -0.15) is 8.42 Å². The van der Waals surface area contributed by atoms with E-state index < -0.39 is 32.3 Å². The lowest BCUT2D eigenvalue weighted by molar-refractivity contribution is -0.385. The highest BCUT2D eigenvalue weighted by Crippen LogP contribution is 2.32. The van der Waals surface area contributed by atoms with Crippen LogP contribution in [0.15, 0.2) is 41.3 Å². The van der Waals surface area contributed by atoms with Crippen molar-refractivity contribution in [1.82, 2.24) is 0 Å². The third-order valence-electron chi connectivity index (χ3n) is 3.27. The first-order chi connectivity index (χ1) is 10.9. The third-order valence-corrected chi connectivity index (χ3v) is 4.50.